The monoisotopic (exact) mass is 268 g/mol. The highest BCUT2D eigenvalue weighted by atomic mass is 16.3. The van der Waals surface area contributed by atoms with Gasteiger partial charge in [0.15, 0.2) is 0 Å². The molecule has 0 aliphatic carbocycles. The van der Waals surface area contributed by atoms with E-state index in [9.17, 15) is 0 Å². The van der Waals surface area contributed by atoms with E-state index >= 15 is 0 Å². The summed E-state index contributed by atoms with van der Waals surface area (Å²) in [6.45, 7) is 4.96. The van der Waals surface area contributed by atoms with Crippen molar-refractivity contribution in [1.29, 1.82) is 0 Å². The zero-order chi connectivity index (χ0) is 13.5. The fraction of sp³-hybridized carbons (Fsp3) is 0.692. The van der Waals surface area contributed by atoms with Crippen molar-refractivity contribution in [3.05, 3.63) is 24.8 Å². The third kappa shape index (κ3) is 4.33. The highest BCUT2D eigenvalue weighted by Gasteiger charge is 2.17. The zero-order valence-electron chi connectivity index (χ0n) is 11.4. The summed E-state index contributed by atoms with van der Waals surface area (Å²) in [5, 5.41) is 17.6. The Bertz CT molecular complexity index is 292. The standard InChI is InChI=1S/C13H24N4O2/c18-9-1-3-14-5-7-16(11-14)13-17-8-6-15(12-17)4-2-10-19/h5-8,18-19H,1-4,9-13H2. The molecule has 0 aromatic rings. The molecule has 0 saturated heterocycles. The zero-order valence-corrected chi connectivity index (χ0v) is 11.4. The van der Waals surface area contributed by atoms with Gasteiger partial charge in [0.2, 0.25) is 0 Å². The molecule has 2 aliphatic rings. The van der Waals surface area contributed by atoms with E-state index < -0.39 is 0 Å². The SMILES string of the molecule is OCCCN1C=CN(CN2C=CN(CCCO)C2)C1. The number of hydrogen-bond donors (Lipinski definition) is 2. The van der Waals surface area contributed by atoms with E-state index in [1.807, 2.05) is 0 Å². The van der Waals surface area contributed by atoms with Gasteiger partial charge in [0, 0.05) is 51.1 Å². The molecule has 0 aromatic heterocycles. The summed E-state index contributed by atoms with van der Waals surface area (Å²) in [5.41, 5.74) is 0. The largest absolute Gasteiger partial charge is 0.396 e. The van der Waals surface area contributed by atoms with Gasteiger partial charge in [-0.25, -0.2) is 0 Å². The second-order valence-electron chi connectivity index (χ2n) is 4.98. The lowest BCUT2D eigenvalue weighted by molar-refractivity contribution is 0.155. The average molecular weight is 268 g/mol. The van der Waals surface area contributed by atoms with Crippen molar-refractivity contribution in [3.63, 3.8) is 0 Å². The quantitative estimate of drug-likeness (QED) is 0.636. The van der Waals surface area contributed by atoms with E-state index in [0.717, 1.165) is 45.9 Å². The van der Waals surface area contributed by atoms with E-state index in [-0.39, 0.29) is 13.2 Å². The number of nitrogens with zero attached hydrogens (tertiary/aromatic N) is 4. The third-order valence-electron chi connectivity index (χ3n) is 3.27. The van der Waals surface area contributed by atoms with Gasteiger partial charge in [-0.15, -0.1) is 0 Å². The van der Waals surface area contributed by atoms with Gasteiger partial charge in [0.25, 0.3) is 0 Å². The number of hydrogen-bond acceptors (Lipinski definition) is 6. The first kappa shape index (κ1) is 14.0. The van der Waals surface area contributed by atoms with Crippen LogP contribution in [0.25, 0.3) is 0 Å². The van der Waals surface area contributed by atoms with Crippen LogP contribution in [-0.4, -0.2) is 76.1 Å². The number of aliphatic hydroxyl groups excluding tert-OH is 2. The molecule has 6 nitrogen and oxygen atoms in total. The summed E-state index contributed by atoms with van der Waals surface area (Å²) >= 11 is 0. The summed E-state index contributed by atoms with van der Waals surface area (Å²) < 4.78 is 0. The van der Waals surface area contributed by atoms with Gasteiger partial charge >= 0.3 is 0 Å². The van der Waals surface area contributed by atoms with Crippen LogP contribution in [0.1, 0.15) is 12.8 Å². The molecule has 2 heterocycles. The second kappa shape index (κ2) is 7.25. The van der Waals surface area contributed by atoms with Crippen LogP contribution >= 0.6 is 0 Å². The van der Waals surface area contributed by atoms with Crippen LogP contribution in [-0.2, 0) is 0 Å². The molecule has 0 radical (unpaired) electrons. The van der Waals surface area contributed by atoms with Crippen LogP contribution in [0.15, 0.2) is 24.8 Å². The Morgan fingerprint density at radius 1 is 0.684 bits per heavy atom. The van der Waals surface area contributed by atoms with Gasteiger partial charge in [-0.05, 0) is 12.8 Å². The molecule has 108 valence electrons. The number of rotatable bonds is 8. The molecule has 0 aromatic carbocycles. The fourth-order valence-corrected chi connectivity index (χ4v) is 2.29. The van der Waals surface area contributed by atoms with Crippen LogP contribution in [0.4, 0.5) is 0 Å². The summed E-state index contributed by atoms with van der Waals surface area (Å²) in [6.07, 6.45) is 9.99. The molecule has 0 fully saturated rings. The molecule has 2 aliphatic heterocycles. The van der Waals surface area contributed by atoms with Crippen LogP contribution in [0.5, 0.6) is 0 Å². The van der Waals surface area contributed by atoms with Crippen molar-refractivity contribution in [2.24, 2.45) is 0 Å². The highest BCUT2D eigenvalue weighted by Crippen LogP contribution is 2.12. The lowest BCUT2D eigenvalue weighted by atomic mass is 10.4. The molecular weight excluding hydrogens is 244 g/mol. The lowest BCUT2D eigenvalue weighted by Gasteiger charge is -2.27. The van der Waals surface area contributed by atoms with Gasteiger partial charge in [-0.1, -0.05) is 0 Å². The van der Waals surface area contributed by atoms with Gasteiger partial charge in [-0.2, -0.15) is 0 Å². The molecule has 2 N–H and O–H groups in total. The molecule has 0 saturated carbocycles. The third-order valence-corrected chi connectivity index (χ3v) is 3.27. The Morgan fingerprint density at radius 2 is 1.11 bits per heavy atom. The van der Waals surface area contributed by atoms with Crippen LogP contribution in [0, 0.1) is 0 Å². The van der Waals surface area contributed by atoms with Crippen molar-refractivity contribution < 1.29 is 10.2 Å². The summed E-state index contributed by atoms with van der Waals surface area (Å²) in [7, 11) is 0. The van der Waals surface area contributed by atoms with E-state index in [4.69, 9.17) is 10.2 Å². The molecule has 19 heavy (non-hydrogen) atoms. The fourth-order valence-electron chi connectivity index (χ4n) is 2.29. The van der Waals surface area contributed by atoms with Crippen molar-refractivity contribution in [2.75, 3.05) is 46.3 Å². The molecule has 0 atom stereocenters. The first-order chi connectivity index (χ1) is 9.31. The maximum absolute atomic E-state index is 8.82. The van der Waals surface area contributed by atoms with E-state index in [1.54, 1.807) is 0 Å². The van der Waals surface area contributed by atoms with E-state index in [1.165, 1.54) is 0 Å². The van der Waals surface area contributed by atoms with Crippen molar-refractivity contribution in [2.45, 2.75) is 12.8 Å². The van der Waals surface area contributed by atoms with Crippen LogP contribution in [0.2, 0.25) is 0 Å². The minimum atomic E-state index is 0.249. The molecule has 2 rings (SSSR count). The first-order valence-corrected chi connectivity index (χ1v) is 6.86. The normalized spacial score (nSPS) is 18.2. The van der Waals surface area contributed by atoms with Gasteiger partial charge < -0.3 is 29.8 Å². The molecule has 6 heteroatoms. The van der Waals surface area contributed by atoms with Crippen LogP contribution in [0.3, 0.4) is 0 Å². The van der Waals surface area contributed by atoms with Gasteiger partial charge in [0.1, 0.15) is 0 Å². The summed E-state index contributed by atoms with van der Waals surface area (Å²) in [6, 6.07) is 0. The van der Waals surface area contributed by atoms with E-state index in [0.29, 0.717) is 0 Å². The first-order valence-electron chi connectivity index (χ1n) is 6.86. The topological polar surface area (TPSA) is 53.4 Å². The Balaban J connectivity index is 1.64. The van der Waals surface area contributed by atoms with Crippen molar-refractivity contribution in [1.82, 2.24) is 19.6 Å². The average Bonchev–Trinajstić information content (AvgIpc) is 3.04. The maximum atomic E-state index is 8.82. The van der Waals surface area contributed by atoms with E-state index in [2.05, 4.69) is 44.4 Å². The summed E-state index contributed by atoms with van der Waals surface area (Å²) in [4.78, 5) is 8.91. The second-order valence-corrected chi connectivity index (χ2v) is 4.98. The Kier molecular flexibility index (Phi) is 5.35. The molecule has 0 unspecified atom stereocenters. The van der Waals surface area contributed by atoms with Crippen molar-refractivity contribution >= 4 is 0 Å². The summed E-state index contributed by atoms with van der Waals surface area (Å²) in [5.74, 6) is 0. The Labute approximate surface area is 114 Å². The lowest BCUT2D eigenvalue weighted by Crippen LogP contribution is -2.36. The highest BCUT2D eigenvalue weighted by molar-refractivity contribution is 4.94. The minimum absolute atomic E-state index is 0.249. The van der Waals surface area contributed by atoms with Crippen molar-refractivity contribution in [3.8, 4) is 0 Å². The van der Waals surface area contributed by atoms with Crippen LogP contribution < -0.4 is 0 Å². The van der Waals surface area contributed by atoms with Gasteiger partial charge in [-0.3, -0.25) is 0 Å². The molecule has 0 bridgehead atoms. The van der Waals surface area contributed by atoms with Gasteiger partial charge in [0.05, 0.1) is 20.0 Å². The number of aliphatic hydroxyl groups is 2. The minimum Gasteiger partial charge on any atom is -0.396 e. The molecular formula is C13H24N4O2. The predicted octanol–water partition coefficient (Wildman–Crippen LogP) is -0.199. The predicted molar refractivity (Wildman–Crippen MR) is 73.4 cm³/mol. The maximum Gasteiger partial charge on any atom is 0.0927 e. The Morgan fingerprint density at radius 3 is 1.53 bits per heavy atom. The molecule has 0 spiro atoms. The molecule has 0 amide bonds. The Hall–Kier alpha value is -1.40. The smallest absolute Gasteiger partial charge is 0.0927 e.